The zero-order valence-electron chi connectivity index (χ0n) is 8.00. The first-order valence-corrected chi connectivity index (χ1v) is 4.33. The van der Waals surface area contributed by atoms with Gasteiger partial charge in [0.05, 0.1) is 5.52 Å². The molecule has 0 bridgehead atoms. The summed E-state index contributed by atoms with van der Waals surface area (Å²) in [6, 6.07) is 2.34. The van der Waals surface area contributed by atoms with Crippen molar-refractivity contribution in [1.29, 1.82) is 0 Å². The Labute approximate surface area is 84.2 Å². The van der Waals surface area contributed by atoms with Crippen LogP contribution in [-0.4, -0.2) is 4.98 Å². The zero-order valence-corrected chi connectivity index (χ0v) is 8.00. The topological polar surface area (TPSA) is 15.8 Å². The number of hydrogen-bond acceptors (Lipinski definition) is 0. The Morgan fingerprint density at radius 3 is 2.47 bits per heavy atom. The molecule has 0 unspecified atom stereocenters. The molecule has 0 amide bonds. The predicted molar refractivity (Wildman–Crippen MR) is 52.9 cm³/mol. The van der Waals surface area contributed by atoms with E-state index in [0.717, 1.165) is 6.07 Å². The highest BCUT2D eigenvalue weighted by Gasteiger charge is 2.15. The van der Waals surface area contributed by atoms with Crippen LogP contribution in [0.2, 0.25) is 0 Å². The summed E-state index contributed by atoms with van der Waals surface area (Å²) in [7, 11) is 0. The highest BCUT2D eigenvalue weighted by molar-refractivity contribution is 5.84. The van der Waals surface area contributed by atoms with Gasteiger partial charge in [0.1, 0.15) is 0 Å². The fraction of sp³-hybridized carbons (Fsp3) is 0.0909. The molecule has 78 valence electrons. The molecule has 0 spiro atoms. The molecule has 2 rings (SSSR count). The number of aromatic amines is 1. The van der Waals surface area contributed by atoms with Gasteiger partial charge in [0.15, 0.2) is 17.5 Å². The van der Waals surface area contributed by atoms with Crippen LogP contribution in [0.15, 0.2) is 18.7 Å². The van der Waals surface area contributed by atoms with E-state index in [0.29, 0.717) is 11.3 Å². The van der Waals surface area contributed by atoms with Gasteiger partial charge in [-0.25, -0.2) is 13.2 Å². The molecule has 0 aliphatic rings. The average molecular weight is 211 g/mol. The number of fused-ring (bicyclic) bond motifs is 1. The SMILES string of the molecule is C=C(C)c1cc2c(F)c(F)c(F)cc2[nH]1. The van der Waals surface area contributed by atoms with Crippen molar-refractivity contribution in [2.24, 2.45) is 0 Å². The normalized spacial score (nSPS) is 10.9. The fourth-order valence-corrected chi connectivity index (χ4v) is 1.41. The smallest absolute Gasteiger partial charge is 0.195 e. The molecule has 1 aromatic heterocycles. The molecule has 0 radical (unpaired) electrons. The first-order valence-electron chi connectivity index (χ1n) is 4.33. The van der Waals surface area contributed by atoms with E-state index in [-0.39, 0.29) is 10.9 Å². The molecule has 0 fully saturated rings. The Morgan fingerprint density at radius 1 is 1.20 bits per heavy atom. The maximum absolute atomic E-state index is 13.3. The molecule has 0 aliphatic heterocycles. The van der Waals surface area contributed by atoms with Crippen molar-refractivity contribution >= 4 is 16.5 Å². The minimum atomic E-state index is -1.45. The Bertz CT molecular complexity index is 554. The second kappa shape index (κ2) is 3.15. The van der Waals surface area contributed by atoms with Gasteiger partial charge in [0, 0.05) is 17.1 Å². The summed E-state index contributed by atoms with van der Waals surface area (Å²) in [5.41, 5.74) is 1.46. The Hall–Kier alpha value is -1.71. The van der Waals surface area contributed by atoms with E-state index < -0.39 is 17.5 Å². The molecule has 1 N–H and O–H groups in total. The lowest BCUT2D eigenvalue weighted by molar-refractivity contribution is 0.453. The molecular weight excluding hydrogens is 203 g/mol. The standard InChI is InChI=1S/C11H8F3N/c1-5(2)8-3-6-9(15-8)4-7(12)11(14)10(6)13/h3-4,15H,1H2,2H3. The molecule has 1 nitrogen and oxygen atoms in total. The van der Waals surface area contributed by atoms with Crippen molar-refractivity contribution in [2.75, 3.05) is 0 Å². The van der Waals surface area contributed by atoms with Gasteiger partial charge in [-0.15, -0.1) is 0 Å². The third kappa shape index (κ3) is 1.42. The Morgan fingerprint density at radius 2 is 1.87 bits per heavy atom. The summed E-state index contributed by atoms with van der Waals surface area (Å²) >= 11 is 0. The largest absolute Gasteiger partial charge is 0.355 e. The monoisotopic (exact) mass is 211 g/mol. The quantitative estimate of drug-likeness (QED) is 0.693. The lowest BCUT2D eigenvalue weighted by Gasteiger charge is -1.95. The summed E-state index contributed by atoms with van der Waals surface area (Å²) in [5, 5.41) is 0.0342. The summed E-state index contributed by atoms with van der Waals surface area (Å²) in [5.74, 6) is -3.82. The Balaban J connectivity index is 2.82. The number of aromatic nitrogens is 1. The molecule has 2 aromatic rings. The molecule has 4 heteroatoms. The van der Waals surface area contributed by atoms with Crippen LogP contribution in [0.5, 0.6) is 0 Å². The number of halogens is 3. The van der Waals surface area contributed by atoms with E-state index in [1.807, 2.05) is 0 Å². The van der Waals surface area contributed by atoms with E-state index in [1.54, 1.807) is 6.92 Å². The fourth-order valence-electron chi connectivity index (χ4n) is 1.41. The summed E-state index contributed by atoms with van der Waals surface area (Å²) in [6.07, 6.45) is 0. The van der Waals surface area contributed by atoms with Crippen LogP contribution in [0.3, 0.4) is 0 Å². The van der Waals surface area contributed by atoms with Crippen LogP contribution in [0, 0.1) is 17.5 Å². The molecule has 0 saturated heterocycles. The van der Waals surface area contributed by atoms with Crippen molar-refractivity contribution in [3.05, 3.63) is 41.9 Å². The molecule has 15 heavy (non-hydrogen) atoms. The van der Waals surface area contributed by atoms with Gasteiger partial charge < -0.3 is 4.98 Å². The van der Waals surface area contributed by atoms with E-state index in [2.05, 4.69) is 11.6 Å². The average Bonchev–Trinajstić information content (AvgIpc) is 2.58. The molecule has 0 atom stereocenters. The van der Waals surface area contributed by atoms with Crippen molar-refractivity contribution in [3.8, 4) is 0 Å². The number of rotatable bonds is 1. The lowest BCUT2D eigenvalue weighted by Crippen LogP contribution is -1.90. The van der Waals surface area contributed by atoms with Gasteiger partial charge in [-0.1, -0.05) is 6.58 Å². The highest BCUT2D eigenvalue weighted by atomic mass is 19.2. The van der Waals surface area contributed by atoms with Gasteiger partial charge in [0.25, 0.3) is 0 Å². The third-order valence-corrected chi connectivity index (χ3v) is 2.22. The molecule has 0 saturated carbocycles. The predicted octanol–water partition coefficient (Wildman–Crippen LogP) is 3.62. The molecule has 0 aliphatic carbocycles. The van der Waals surface area contributed by atoms with Gasteiger partial charge in [-0.05, 0) is 18.6 Å². The van der Waals surface area contributed by atoms with Crippen LogP contribution in [0.1, 0.15) is 12.6 Å². The number of allylic oxidation sites excluding steroid dienone is 1. The van der Waals surface area contributed by atoms with Crippen LogP contribution >= 0.6 is 0 Å². The third-order valence-electron chi connectivity index (χ3n) is 2.22. The molecule has 1 heterocycles. The van der Waals surface area contributed by atoms with E-state index >= 15 is 0 Å². The maximum Gasteiger partial charge on any atom is 0.195 e. The maximum atomic E-state index is 13.3. The van der Waals surface area contributed by atoms with Crippen LogP contribution < -0.4 is 0 Å². The van der Waals surface area contributed by atoms with Crippen molar-refractivity contribution in [1.82, 2.24) is 4.98 Å². The van der Waals surface area contributed by atoms with Crippen LogP contribution in [0.25, 0.3) is 16.5 Å². The second-order valence-electron chi connectivity index (χ2n) is 3.41. The van der Waals surface area contributed by atoms with Gasteiger partial charge in [-0.2, -0.15) is 0 Å². The van der Waals surface area contributed by atoms with Crippen molar-refractivity contribution in [3.63, 3.8) is 0 Å². The molecular formula is C11H8F3N. The van der Waals surface area contributed by atoms with Gasteiger partial charge in [0.2, 0.25) is 0 Å². The minimum absolute atomic E-state index is 0.0342. The number of nitrogens with one attached hydrogen (secondary N) is 1. The van der Waals surface area contributed by atoms with E-state index in [9.17, 15) is 13.2 Å². The first kappa shape index (κ1) is 9.83. The molecule has 1 aromatic carbocycles. The number of H-pyrrole nitrogens is 1. The van der Waals surface area contributed by atoms with Crippen molar-refractivity contribution < 1.29 is 13.2 Å². The van der Waals surface area contributed by atoms with Crippen LogP contribution in [0.4, 0.5) is 13.2 Å². The number of hydrogen-bond donors (Lipinski definition) is 1. The van der Waals surface area contributed by atoms with E-state index in [4.69, 9.17) is 0 Å². The number of benzene rings is 1. The van der Waals surface area contributed by atoms with Gasteiger partial charge >= 0.3 is 0 Å². The minimum Gasteiger partial charge on any atom is -0.355 e. The zero-order chi connectivity index (χ0) is 11.2. The Kier molecular flexibility index (Phi) is 2.07. The second-order valence-corrected chi connectivity index (χ2v) is 3.41. The summed E-state index contributed by atoms with van der Waals surface area (Å²) in [6.45, 7) is 5.37. The van der Waals surface area contributed by atoms with Gasteiger partial charge in [-0.3, -0.25) is 0 Å². The van der Waals surface area contributed by atoms with E-state index in [1.165, 1.54) is 6.07 Å². The summed E-state index contributed by atoms with van der Waals surface area (Å²) < 4.78 is 39.0. The first-order chi connectivity index (χ1) is 7.00. The van der Waals surface area contributed by atoms with Crippen LogP contribution in [-0.2, 0) is 0 Å². The summed E-state index contributed by atoms with van der Waals surface area (Å²) in [4.78, 5) is 2.76. The highest BCUT2D eigenvalue weighted by Crippen LogP contribution is 2.25. The lowest BCUT2D eigenvalue weighted by atomic mass is 10.2. The van der Waals surface area contributed by atoms with Crippen molar-refractivity contribution in [2.45, 2.75) is 6.92 Å².